The van der Waals surface area contributed by atoms with E-state index in [-0.39, 0.29) is 12.0 Å². The number of hydrogen-bond donors (Lipinski definition) is 2. The molecule has 0 radical (unpaired) electrons. The number of hydrogen-bond acceptors (Lipinski definition) is 5. The fourth-order valence-electron chi connectivity index (χ4n) is 2.35. The smallest absolute Gasteiger partial charge is 0.263 e. The predicted octanol–water partition coefficient (Wildman–Crippen LogP) is 2.47. The van der Waals surface area contributed by atoms with Crippen LogP contribution in [0.1, 0.15) is 42.8 Å². The number of piperidine rings is 1. The lowest BCUT2D eigenvalue weighted by molar-refractivity contribution is 0.0967. The average Bonchev–Trinajstić information content (AvgIpc) is 2.76. The molecule has 20 heavy (non-hydrogen) atoms. The maximum absolute atomic E-state index is 11.9. The van der Waals surface area contributed by atoms with Gasteiger partial charge in [-0.25, -0.2) is 0 Å². The van der Waals surface area contributed by atoms with Crippen LogP contribution in [0.4, 0.5) is 10.7 Å². The minimum absolute atomic E-state index is 0.0352. The van der Waals surface area contributed by atoms with Crippen molar-refractivity contribution in [1.29, 1.82) is 0 Å². The quantitative estimate of drug-likeness (QED) is 0.896. The fourth-order valence-corrected chi connectivity index (χ4v) is 3.51. The molecule has 0 aromatic carbocycles. The Morgan fingerprint density at radius 1 is 1.35 bits per heavy atom. The summed E-state index contributed by atoms with van der Waals surface area (Å²) in [5.74, 6) is 0.523. The van der Waals surface area contributed by atoms with Crippen LogP contribution in [0.5, 0.6) is 5.75 Å². The first-order valence-corrected chi connectivity index (χ1v) is 7.92. The van der Waals surface area contributed by atoms with Crippen LogP contribution in [0, 0.1) is 0 Å². The summed E-state index contributed by atoms with van der Waals surface area (Å²) in [4.78, 5) is 14.7. The highest BCUT2D eigenvalue weighted by Crippen LogP contribution is 2.46. The van der Waals surface area contributed by atoms with Crippen LogP contribution in [0.15, 0.2) is 0 Å². The SMILES string of the molecule is CNC(=O)c1sc(N2CCCCC2)c(OC(C)C)c1N. The Kier molecular flexibility index (Phi) is 4.75. The molecule has 1 aliphatic heterocycles. The highest BCUT2D eigenvalue weighted by molar-refractivity contribution is 7.19. The first-order chi connectivity index (χ1) is 9.54. The van der Waals surface area contributed by atoms with E-state index in [1.807, 2.05) is 13.8 Å². The molecule has 0 atom stereocenters. The minimum Gasteiger partial charge on any atom is -0.486 e. The van der Waals surface area contributed by atoms with Gasteiger partial charge in [0.25, 0.3) is 5.91 Å². The number of nitrogens with one attached hydrogen (secondary N) is 1. The molecule has 1 fully saturated rings. The van der Waals surface area contributed by atoms with Crippen LogP contribution in [-0.2, 0) is 0 Å². The lowest BCUT2D eigenvalue weighted by atomic mass is 10.1. The Hall–Kier alpha value is -1.43. The van der Waals surface area contributed by atoms with E-state index in [4.69, 9.17) is 10.5 Å². The van der Waals surface area contributed by atoms with Crippen molar-refractivity contribution in [1.82, 2.24) is 5.32 Å². The maximum Gasteiger partial charge on any atom is 0.263 e. The lowest BCUT2D eigenvalue weighted by Gasteiger charge is -2.28. The van der Waals surface area contributed by atoms with Gasteiger partial charge in [-0.2, -0.15) is 0 Å². The number of nitrogens with zero attached hydrogens (tertiary/aromatic N) is 1. The van der Waals surface area contributed by atoms with Gasteiger partial charge < -0.3 is 20.7 Å². The lowest BCUT2D eigenvalue weighted by Crippen LogP contribution is -2.29. The van der Waals surface area contributed by atoms with E-state index >= 15 is 0 Å². The molecule has 1 saturated heterocycles. The first-order valence-electron chi connectivity index (χ1n) is 7.10. The normalized spacial score (nSPS) is 15.5. The van der Waals surface area contributed by atoms with Crippen molar-refractivity contribution in [2.45, 2.75) is 39.2 Å². The summed E-state index contributed by atoms with van der Waals surface area (Å²) in [5, 5.41) is 3.63. The van der Waals surface area contributed by atoms with Gasteiger partial charge in [0.1, 0.15) is 15.6 Å². The monoisotopic (exact) mass is 297 g/mol. The second-order valence-electron chi connectivity index (χ2n) is 5.27. The van der Waals surface area contributed by atoms with Gasteiger partial charge in [0.05, 0.1) is 6.10 Å². The Morgan fingerprint density at radius 3 is 2.55 bits per heavy atom. The van der Waals surface area contributed by atoms with E-state index in [1.54, 1.807) is 7.05 Å². The first kappa shape index (κ1) is 15.0. The highest BCUT2D eigenvalue weighted by Gasteiger charge is 2.26. The molecular weight excluding hydrogens is 274 g/mol. The highest BCUT2D eigenvalue weighted by atomic mass is 32.1. The topological polar surface area (TPSA) is 67.6 Å². The molecule has 1 amide bonds. The number of anilines is 2. The Labute approximate surface area is 124 Å². The number of carbonyl (C=O) groups is 1. The molecule has 5 nitrogen and oxygen atoms in total. The molecule has 1 aliphatic rings. The van der Waals surface area contributed by atoms with Crippen LogP contribution in [0.25, 0.3) is 0 Å². The van der Waals surface area contributed by atoms with Crippen molar-refractivity contribution in [3.8, 4) is 5.75 Å². The fraction of sp³-hybridized carbons (Fsp3) is 0.643. The van der Waals surface area contributed by atoms with Crippen molar-refractivity contribution >= 4 is 27.9 Å². The number of amides is 1. The second-order valence-corrected chi connectivity index (χ2v) is 6.27. The summed E-state index contributed by atoms with van der Waals surface area (Å²) in [6.07, 6.45) is 3.65. The van der Waals surface area contributed by atoms with Gasteiger partial charge in [0, 0.05) is 20.1 Å². The van der Waals surface area contributed by atoms with Gasteiger partial charge in [-0.1, -0.05) is 0 Å². The summed E-state index contributed by atoms with van der Waals surface area (Å²) in [7, 11) is 1.62. The summed E-state index contributed by atoms with van der Waals surface area (Å²) < 4.78 is 5.87. The van der Waals surface area contributed by atoms with E-state index in [0.29, 0.717) is 16.3 Å². The molecule has 0 aliphatic carbocycles. The van der Waals surface area contributed by atoms with Crippen molar-refractivity contribution in [3.05, 3.63) is 4.88 Å². The van der Waals surface area contributed by atoms with Gasteiger partial charge in [-0.15, -0.1) is 11.3 Å². The number of nitrogens with two attached hydrogens (primary N) is 1. The van der Waals surface area contributed by atoms with Crippen molar-refractivity contribution < 1.29 is 9.53 Å². The van der Waals surface area contributed by atoms with Crippen LogP contribution in [0.3, 0.4) is 0 Å². The molecule has 2 heterocycles. The number of ether oxygens (including phenoxy) is 1. The molecule has 1 aromatic heterocycles. The van der Waals surface area contributed by atoms with Crippen LogP contribution in [0.2, 0.25) is 0 Å². The third-order valence-electron chi connectivity index (χ3n) is 3.31. The van der Waals surface area contributed by atoms with Crippen LogP contribution < -0.4 is 20.7 Å². The van der Waals surface area contributed by atoms with Crippen LogP contribution >= 0.6 is 11.3 Å². The predicted molar refractivity (Wildman–Crippen MR) is 83.9 cm³/mol. The van der Waals surface area contributed by atoms with Gasteiger partial charge in [0.15, 0.2) is 5.75 Å². The van der Waals surface area contributed by atoms with E-state index in [9.17, 15) is 4.79 Å². The van der Waals surface area contributed by atoms with Gasteiger partial charge >= 0.3 is 0 Å². The Morgan fingerprint density at radius 2 is 2.00 bits per heavy atom. The Bertz CT molecular complexity index is 479. The molecular formula is C14H23N3O2S. The molecule has 0 saturated carbocycles. The molecule has 0 unspecified atom stereocenters. The molecule has 0 bridgehead atoms. The summed E-state index contributed by atoms with van der Waals surface area (Å²) >= 11 is 1.43. The van der Waals surface area contributed by atoms with Gasteiger partial charge in [-0.3, -0.25) is 4.79 Å². The van der Waals surface area contributed by atoms with E-state index in [1.165, 1.54) is 30.6 Å². The third kappa shape index (κ3) is 3.00. The van der Waals surface area contributed by atoms with E-state index in [0.717, 1.165) is 18.1 Å². The molecule has 1 aromatic rings. The molecule has 6 heteroatoms. The van der Waals surface area contributed by atoms with Crippen molar-refractivity contribution in [3.63, 3.8) is 0 Å². The Balaban J connectivity index is 2.39. The second kappa shape index (κ2) is 6.35. The number of rotatable bonds is 4. The van der Waals surface area contributed by atoms with Gasteiger partial charge in [-0.05, 0) is 33.1 Å². The zero-order valence-electron chi connectivity index (χ0n) is 12.4. The molecule has 2 rings (SSSR count). The largest absolute Gasteiger partial charge is 0.486 e. The standard InChI is InChI=1S/C14H23N3O2S/c1-9(2)19-11-10(15)12(13(18)16-3)20-14(11)17-7-5-4-6-8-17/h9H,4-8,15H2,1-3H3,(H,16,18). The minimum atomic E-state index is -0.149. The molecule has 112 valence electrons. The van der Waals surface area contributed by atoms with Crippen LogP contribution in [-0.4, -0.2) is 32.1 Å². The van der Waals surface area contributed by atoms with Crippen molar-refractivity contribution in [2.24, 2.45) is 0 Å². The molecule has 3 N–H and O–H groups in total. The summed E-state index contributed by atoms with van der Waals surface area (Å²) in [6, 6.07) is 0. The number of thiophene rings is 1. The molecule has 0 spiro atoms. The van der Waals surface area contributed by atoms with E-state index in [2.05, 4.69) is 10.2 Å². The van der Waals surface area contributed by atoms with Gasteiger partial charge in [0.2, 0.25) is 0 Å². The number of carbonyl (C=O) groups excluding carboxylic acids is 1. The average molecular weight is 297 g/mol. The van der Waals surface area contributed by atoms with Crippen molar-refractivity contribution in [2.75, 3.05) is 30.8 Å². The zero-order valence-corrected chi connectivity index (χ0v) is 13.2. The van der Waals surface area contributed by atoms with E-state index < -0.39 is 0 Å². The number of nitrogen functional groups attached to an aromatic ring is 1. The summed E-state index contributed by atoms with van der Waals surface area (Å²) in [6.45, 7) is 5.94. The maximum atomic E-state index is 11.9. The zero-order chi connectivity index (χ0) is 14.7. The third-order valence-corrected chi connectivity index (χ3v) is 4.56. The summed E-state index contributed by atoms with van der Waals surface area (Å²) in [5.41, 5.74) is 6.60.